The van der Waals surface area contributed by atoms with Gasteiger partial charge in [-0.15, -0.1) is 0 Å². The first kappa shape index (κ1) is 12.1. The van der Waals surface area contributed by atoms with Gasteiger partial charge in [0.25, 0.3) is 0 Å². The topological polar surface area (TPSA) is 82.7 Å². The van der Waals surface area contributed by atoms with Crippen molar-refractivity contribution in [1.29, 1.82) is 0 Å². The summed E-state index contributed by atoms with van der Waals surface area (Å²) in [6.45, 7) is 3.80. The van der Waals surface area contributed by atoms with E-state index in [0.29, 0.717) is 5.82 Å². The van der Waals surface area contributed by atoms with E-state index in [2.05, 4.69) is 25.8 Å². The third-order valence-electron chi connectivity index (χ3n) is 2.47. The molecule has 1 unspecified atom stereocenters. The van der Waals surface area contributed by atoms with Crippen LogP contribution in [0.25, 0.3) is 0 Å². The van der Waals surface area contributed by atoms with Crippen LogP contribution in [-0.2, 0) is 0 Å². The zero-order valence-corrected chi connectivity index (χ0v) is 10.3. The minimum absolute atomic E-state index is 0.225. The molecule has 0 radical (unpaired) electrons. The first-order chi connectivity index (χ1) is 8.65. The number of nitrogens with zero attached hydrogens (tertiary/aromatic N) is 2. The van der Waals surface area contributed by atoms with Gasteiger partial charge < -0.3 is 10.6 Å². The Bertz CT molecular complexity index is 523. The Hall–Kier alpha value is -2.37. The number of hydrogen-bond donors (Lipinski definition) is 3. The molecule has 0 fully saturated rings. The highest BCUT2D eigenvalue weighted by atomic mass is 16.2. The van der Waals surface area contributed by atoms with Crippen molar-refractivity contribution in [2.24, 2.45) is 0 Å². The van der Waals surface area contributed by atoms with E-state index in [0.717, 1.165) is 11.3 Å². The summed E-state index contributed by atoms with van der Waals surface area (Å²) in [5.74, 6) is 0.620. The first-order valence-corrected chi connectivity index (χ1v) is 5.64. The summed E-state index contributed by atoms with van der Waals surface area (Å²) < 4.78 is 0. The Morgan fingerprint density at radius 2 is 2.28 bits per heavy atom. The number of amides is 2. The lowest BCUT2D eigenvalue weighted by Gasteiger charge is -2.12. The molecule has 2 amide bonds. The number of aryl methyl sites for hydroxylation is 1. The van der Waals surface area contributed by atoms with Crippen LogP contribution >= 0.6 is 0 Å². The van der Waals surface area contributed by atoms with Gasteiger partial charge in [-0.1, -0.05) is 12.1 Å². The molecule has 1 atom stereocenters. The van der Waals surface area contributed by atoms with E-state index in [4.69, 9.17) is 0 Å². The van der Waals surface area contributed by atoms with Gasteiger partial charge in [0.15, 0.2) is 0 Å². The number of aromatic nitrogens is 3. The molecule has 6 nitrogen and oxygen atoms in total. The standard InChI is InChI=1S/C12H15N5O/c1-8-4-3-5-10(6-8)16-12(18)15-9(2)11-13-7-14-17-11/h3-7,9H,1-2H3,(H,13,14,17)(H2,15,16,18). The molecule has 0 spiro atoms. The molecule has 94 valence electrons. The molecule has 1 aromatic carbocycles. The summed E-state index contributed by atoms with van der Waals surface area (Å²) in [6.07, 6.45) is 1.41. The molecule has 0 bridgehead atoms. The van der Waals surface area contributed by atoms with E-state index in [1.807, 2.05) is 38.1 Å². The first-order valence-electron chi connectivity index (χ1n) is 5.64. The normalized spacial score (nSPS) is 11.9. The molecule has 3 N–H and O–H groups in total. The van der Waals surface area contributed by atoms with Gasteiger partial charge in [-0.2, -0.15) is 5.10 Å². The molecule has 0 aliphatic heterocycles. The molecular formula is C12H15N5O. The second kappa shape index (κ2) is 5.31. The minimum Gasteiger partial charge on any atom is -0.328 e. The number of rotatable bonds is 3. The van der Waals surface area contributed by atoms with Crippen molar-refractivity contribution in [2.45, 2.75) is 19.9 Å². The van der Waals surface area contributed by atoms with Gasteiger partial charge in [-0.3, -0.25) is 5.10 Å². The molecule has 1 aromatic heterocycles. The van der Waals surface area contributed by atoms with E-state index in [1.165, 1.54) is 6.33 Å². The lowest BCUT2D eigenvalue weighted by atomic mass is 10.2. The highest BCUT2D eigenvalue weighted by Crippen LogP contribution is 2.10. The molecule has 2 rings (SSSR count). The van der Waals surface area contributed by atoms with Gasteiger partial charge in [0.05, 0.1) is 6.04 Å². The summed E-state index contributed by atoms with van der Waals surface area (Å²) in [5.41, 5.74) is 1.85. The number of carbonyl (C=O) groups is 1. The number of carbonyl (C=O) groups excluding carboxylic acids is 1. The molecule has 6 heteroatoms. The number of urea groups is 1. The molecule has 0 aliphatic rings. The van der Waals surface area contributed by atoms with Gasteiger partial charge in [-0.25, -0.2) is 9.78 Å². The summed E-state index contributed by atoms with van der Waals surface area (Å²) >= 11 is 0. The van der Waals surface area contributed by atoms with Crippen molar-refractivity contribution >= 4 is 11.7 Å². The van der Waals surface area contributed by atoms with Crippen LogP contribution in [0.3, 0.4) is 0 Å². The third-order valence-corrected chi connectivity index (χ3v) is 2.47. The van der Waals surface area contributed by atoms with Gasteiger partial charge in [0.2, 0.25) is 0 Å². The number of H-pyrrole nitrogens is 1. The lowest BCUT2D eigenvalue weighted by Crippen LogP contribution is -2.31. The maximum absolute atomic E-state index is 11.7. The summed E-state index contributed by atoms with van der Waals surface area (Å²) in [7, 11) is 0. The average Bonchev–Trinajstić information content (AvgIpc) is 2.81. The van der Waals surface area contributed by atoms with Crippen LogP contribution < -0.4 is 10.6 Å². The zero-order chi connectivity index (χ0) is 13.0. The van der Waals surface area contributed by atoms with E-state index < -0.39 is 0 Å². The van der Waals surface area contributed by atoms with Crippen LogP contribution in [0.15, 0.2) is 30.6 Å². The van der Waals surface area contributed by atoms with Crippen LogP contribution in [-0.4, -0.2) is 21.2 Å². The Labute approximate surface area is 105 Å². The van der Waals surface area contributed by atoms with Gasteiger partial charge in [-0.05, 0) is 31.5 Å². The predicted molar refractivity (Wildman–Crippen MR) is 68.1 cm³/mol. The number of aromatic amines is 1. The fourth-order valence-electron chi connectivity index (χ4n) is 1.58. The number of anilines is 1. The number of benzene rings is 1. The Balaban J connectivity index is 1.93. The van der Waals surface area contributed by atoms with Crippen molar-refractivity contribution < 1.29 is 4.79 Å². The second-order valence-electron chi connectivity index (χ2n) is 4.06. The summed E-state index contributed by atoms with van der Waals surface area (Å²) in [6, 6.07) is 7.11. The zero-order valence-electron chi connectivity index (χ0n) is 10.3. The SMILES string of the molecule is Cc1cccc(NC(=O)NC(C)c2ncn[nH]2)c1. The van der Waals surface area contributed by atoms with Gasteiger partial charge >= 0.3 is 6.03 Å². The summed E-state index contributed by atoms with van der Waals surface area (Å²) in [4.78, 5) is 15.7. The second-order valence-corrected chi connectivity index (χ2v) is 4.06. The van der Waals surface area contributed by atoms with Crippen LogP contribution in [0.1, 0.15) is 24.4 Å². The van der Waals surface area contributed by atoms with Crippen molar-refractivity contribution in [3.05, 3.63) is 42.0 Å². The van der Waals surface area contributed by atoms with Crippen molar-refractivity contribution in [3.63, 3.8) is 0 Å². The van der Waals surface area contributed by atoms with Crippen molar-refractivity contribution in [2.75, 3.05) is 5.32 Å². The van der Waals surface area contributed by atoms with Gasteiger partial charge in [0.1, 0.15) is 12.2 Å². The Kier molecular flexibility index (Phi) is 3.57. The molecule has 1 heterocycles. The Morgan fingerprint density at radius 3 is 2.94 bits per heavy atom. The molecule has 0 saturated heterocycles. The van der Waals surface area contributed by atoms with Crippen LogP contribution in [0.2, 0.25) is 0 Å². The predicted octanol–water partition coefficient (Wildman–Crippen LogP) is 2.00. The van der Waals surface area contributed by atoms with E-state index in [1.54, 1.807) is 0 Å². The summed E-state index contributed by atoms with van der Waals surface area (Å²) in [5, 5.41) is 12.0. The quantitative estimate of drug-likeness (QED) is 0.773. The van der Waals surface area contributed by atoms with Crippen molar-refractivity contribution in [3.8, 4) is 0 Å². The number of nitrogens with one attached hydrogen (secondary N) is 3. The highest BCUT2D eigenvalue weighted by Gasteiger charge is 2.11. The van der Waals surface area contributed by atoms with Crippen LogP contribution in [0.5, 0.6) is 0 Å². The maximum Gasteiger partial charge on any atom is 0.319 e. The molecule has 2 aromatic rings. The number of hydrogen-bond acceptors (Lipinski definition) is 3. The minimum atomic E-state index is -0.274. The average molecular weight is 245 g/mol. The Morgan fingerprint density at radius 1 is 1.44 bits per heavy atom. The molecule has 18 heavy (non-hydrogen) atoms. The smallest absolute Gasteiger partial charge is 0.319 e. The third kappa shape index (κ3) is 3.07. The maximum atomic E-state index is 11.7. The van der Waals surface area contributed by atoms with E-state index in [9.17, 15) is 4.79 Å². The highest BCUT2D eigenvalue weighted by molar-refractivity contribution is 5.89. The molecule has 0 aliphatic carbocycles. The van der Waals surface area contributed by atoms with Crippen LogP contribution in [0.4, 0.5) is 10.5 Å². The van der Waals surface area contributed by atoms with Crippen molar-refractivity contribution in [1.82, 2.24) is 20.5 Å². The molecule has 0 saturated carbocycles. The fraction of sp³-hybridized carbons (Fsp3) is 0.250. The molecular weight excluding hydrogens is 230 g/mol. The monoisotopic (exact) mass is 245 g/mol. The largest absolute Gasteiger partial charge is 0.328 e. The fourth-order valence-corrected chi connectivity index (χ4v) is 1.58. The van der Waals surface area contributed by atoms with Crippen LogP contribution in [0, 0.1) is 6.92 Å². The van der Waals surface area contributed by atoms with Gasteiger partial charge in [0, 0.05) is 5.69 Å². The van der Waals surface area contributed by atoms with E-state index in [-0.39, 0.29) is 12.1 Å². The lowest BCUT2D eigenvalue weighted by molar-refractivity contribution is 0.249. The van der Waals surface area contributed by atoms with E-state index >= 15 is 0 Å².